The lowest BCUT2D eigenvalue weighted by molar-refractivity contribution is -0.902. The van der Waals surface area contributed by atoms with E-state index in [0.717, 1.165) is 0 Å². The van der Waals surface area contributed by atoms with Crippen molar-refractivity contribution in [3.63, 3.8) is 0 Å². The fraction of sp³-hybridized carbons (Fsp3) is 0.833. The van der Waals surface area contributed by atoms with Gasteiger partial charge in [-0.15, -0.1) is 0 Å². The summed E-state index contributed by atoms with van der Waals surface area (Å²) in [5.41, 5.74) is -1.56. The van der Waals surface area contributed by atoms with Gasteiger partial charge in [0.2, 0.25) is 6.80 Å². The molecule has 0 aliphatic rings. The number of alkyl halides is 1. The molecule has 0 aromatic heterocycles. The van der Waals surface area contributed by atoms with Crippen LogP contribution in [0, 0.1) is 0 Å². The number of nitrogens with zero attached hydrogens (tertiary/aromatic N) is 1. The summed E-state index contributed by atoms with van der Waals surface area (Å²) in [6, 6.07) is -1.25. The predicted octanol–water partition coefficient (Wildman–Crippen LogP) is 2.16. The Morgan fingerprint density at radius 1 is 1.00 bits per heavy atom. The molecule has 0 rings (SSSR count). The van der Waals surface area contributed by atoms with Gasteiger partial charge in [-0.3, -0.25) is 9.28 Å². The van der Waals surface area contributed by atoms with Gasteiger partial charge in [0.05, 0.1) is 20.5 Å². The Hall–Kier alpha value is -1.90. The maximum Gasteiger partial charge on any atom is 0.408 e. The fourth-order valence-corrected chi connectivity index (χ4v) is 1.71. The van der Waals surface area contributed by atoms with Crippen LogP contribution in [0.15, 0.2) is 0 Å². The molecule has 0 aromatic carbocycles. The Morgan fingerprint density at radius 3 is 1.96 bits per heavy atom. The van der Waals surface area contributed by atoms with Crippen LogP contribution in [-0.4, -0.2) is 73.8 Å². The Morgan fingerprint density at radius 2 is 1.52 bits per heavy atom. The molecule has 0 fully saturated rings. The van der Waals surface area contributed by atoms with Gasteiger partial charge in [-0.25, -0.2) is 9.59 Å². The van der Waals surface area contributed by atoms with Crippen molar-refractivity contribution in [2.75, 3.05) is 34.0 Å². The number of ether oxygens (including phenoxy) is 3. The molecule has 0 saturated heterocycles. The Labute approximate surface area is 160 Å². The van der Waals surface area contributed by atoms with Gasteiger partial charge in [0.15, 0.2) is 0 Å². The average molecular weight is 393 g/mol. The molecule has 27 heavy (non-hydrogen) atoms. The molecule has 8 nitrogen and oxygen atoms in total. The normalized spacial score (nSPS) is 13.5. The first-order valence-corrected chi connectivity index (χ1v) is 8.80. The summed E-state index contributed by atoms with van der Waals surface area (Å²) < 4.78 is 28.2. The van der Waals surface area contributed by atoms with E-state index in [1.54, 1.807) is 55.6 Å². The average Bonchev–Trinajstić information content (AvgIpc) is 2.42. The molecule has 0 unspecified atom stereocenters. The van der Waals surface area contributed by atoms with Crippen molar-refractivity contribution in [2.24, 2.45) is 0 Å². The third kappa shape index (κ3) is 13.0. The zero-order chi connectivity index (χ0) is 21.5. The molecular formula is C18H34FN2O6+. The summed E-state index contributed by atoms with van der Waals surface area (Å²) in [4.78, 5) is 36.3. The Kier molecular flexibility index (Phi) is 9.17. The van der Waals surface area contributed by atoms with E-state index in [2.05, 4.69) is 5.32 Å². The van der Waals surface area contributed by atoms with Crippen LogP contribution in [0.3, 0.4) is 0 Å². The number of alkyl carbamates (subject to hydrolysis) is 1. The molecule has 0 heterocycles. The van der Waals surface area contributed by atoms with Crippen molar-refractivity contribution in [1.82, 2.24) is 5.32 Å². The molecule has 0 saturated carbocycles. The van der Waals surface area contributed by atoms with Crippen molar-refractivity contribution < 1.29 is 37.5 Å². The number of hydrogen-bond acceptors (Lipinski definition) is 6. The van der Waals surface area contributed by atoms with E-state index >= 15 is 0 Å². The van der Waals surface area contributed by atoms with E-state index in [9.17, 15) is 18.8 Å². The molecular weight excluding hydrogens is 359 g/mol. The highest BCUT2D eigenvalue weighted by Gasteiger charge is 2.31. The van der Waals surface area contributed by atoms with Gasteiger partial charge in [0, 0.05) is 0 Å². The second-order valence-corrected chi connectivity index (χ2v) is 8.94. The number of amides is 1. The monoisotopic (exact) mass is 393 g/mol. The van der Waals surface area contributed by atoms with E-state index in [-0.39, 0.29) is 17.6 Å². The predicted molar refractivity (Wildman–Crippen MR) is 97.5 cm³/mol. The minimum atomic E-state index is -1.25. The number of likely N-dealkylation sites (N-methyl/N-ethyl adjacent to an activating group) is 1. The molecule has 0 bridgehead atoms. The van der Waals surface area contributed by atoms with Crippen LogP contribution in [0.1, 0.15) is 48.0 Å². The van der Waals surface area contributed by atoms with Crippen molar-refractivity contribution in [2.45, 2.75) is 65.2 Å². The Bertz CT molecular complexity index is 523. The number of esters is 2. The van der Waals surface area contributed by atoms with Crippen molar-refractivity contribution in [3.05, 3.63) is 0 Å². The maximum atomic E-state index is 12.8. The van der Waals surface area contributed by atoms with E-state index in [1.165, 1.54) is 0 Å². The maximum absolute atomic E-state index is 12.8. The summed E-state index contributed by atoms with van der Waals surface area (Å²) in [5.74, 6) is -1.48. The lowest BCUT2D eigenvalue weighted by Crippen LogP contribution is -2.47. The van der Waals surface area contributed by atoms with Gasteiger partial charge in [0.25, 0.3) is 0 Å². The number of hydrogen-bond donors (Lipinski definition) is 1. The van der Waals surface area contributed by atoms with Crippen molar-refractivity contribution in [3.8, 4) is 0 Å². The molecule has 1 N–H and O–H groups in total. The molecule has 0 aromatic rings. The summed E-state index contributed by atoms with van der Waals surface area (Å²) in [6.45, 7) is 9.71. The SMILES string of the molecule is CC(C)(C)OC(=O)N[C@@H](CC(=O)OCC[N+](C)(C)CF)C(=O)OC(C)(C)C. The Balaban J connectivity index is 4.90. The van der Waals surface area contributed by atoms with Crippen LogP contribution in [0.5, 0.6) is 0 Å². The second kappa shape index (κ2) is 9.87. The smallest absolute Gasteiger partial charge is 0.408 e. The minimum absolute atomic E-state index is 0.0107. The summed E-state index contributed by atoms with van der Waals surface area (Å²) >= 11 is 0. The fourth-order valence-electron chi connectivity index (χ4n) is 1.71. The minimum Gasteiger partial charge on any atom is -0.460 e. The molecule has 0 radical (unpaired) electrons. The lowest BCUT2D eigenvalue weighted by atomic mass is 10.1. The van der Waals surface area contributed by atoms with Crippen molar-refractivity contribution >= 4 is 18.0 Å². The standard InChI is InChI=1S/C18H33FN2O6/c1-17(2,3)26-15(23)13(20-16(24)27-18(4,5)6)11-14(22)25-10-9-21(7,8)12-19/h13H,9-12H2,1-8H3/p+1/t13-/m0/s1. The molecule has 0 spiro atoms. The molecule has 1 atom stereocenters. The number of carbonyl (C=O) groups is 3. The van der Waals surface area contributed by atoms with Crippen LogP contribution < -0.4 is 5.32 Å². The van der Waals surface area contributed by atoms with Gasteiger partial charge in [-0.05, 0) is 41.5 Å². The van der Waals surface area contributed by atoms with Gasteiger partial charge in [-0.2, -0.15) is 4.39 Å². The van der Waals surface area contributed by atoms with Gasteiger partial charge in [0.1, 0.15) is 30.4 Å². The topological polar surface area (TPSA) is 90.9 Å². The zero-order valence-electron chi connectivity index (χ0n) is 17.7. The van der Waals surface area contributed by atoms with Gasteiger partial charge in [-0.1, -0.05) is 0 Å². The molecule has 9 heteroatoms. The number of halogens is 1. The third-order valence-corrected chi connectivity index (χ3v) is 3.04. The zero-order valence-corrected chi connectivity index (χ0v) is 17.7. The molecule has 158 valence electrons. The molecule has 0 aliphatic heterocycles. The first-order valence-electron chi connectivity index (χ1n) is 8.80. The number of nitrogens with one attached hydrogen (secondary N) is 1. The summed E-state index contributed by atoms with van der Waals surface area (Å²) in [5, 5.41) is 2.34. The highest BCUT2D eigenvalue weighted by molar-refractivity contribution is 5.86. The van der Waals surface area contributed by atoms with Crippen LogP contribution in [0.2, 0.25) is 0 Å². The summed E-state index contributed by atoms with van der Waals surface area (Å²) in [7, 11) is 3.31. The first kappa shape index (κ1) is 25.1. The number of rotatable bonds is 8. The van der Waals surface area contributed by atoms with Crippen molar-refractivity contribution in [1.29, 1.82) is 0 Å². The van der Waals surface area contributed by atoms with Crippen LogP contribution in [0.4, 0.5) is 9.18 Å². The van der Waals surface area contributed by atoms with Gasteiger partial charge < -0.3 is 19.5 Å². The van der Waals surface area contributed by atoms with Crippen LogP contribution >= 0.6 is 0 Å². The number of carbonyl (C=O) groups excluding carboxylic acids is 3. The second-order valence-electron chi connectivity index (χ2n) is 8.94. The highest BCUT2D eigenvalue weighted by atomic mass is 19.1. The highest BCUT2D eigenvalue weighted by Crippen LogP contribution is 2.12. The number of quaternary nitrogens is 1. The quantitative estimate of drug-likeness (QED) is 0.294. The van der Waals surface area contributed by atoms with Crippen LogP contribution in [0.25, 0.3) is 0 Å². The first-order chi connectivity index (χ1) is 12.0. The van der Waals surface area contributed by atoms with Crippen LogP contribution in [-0.2, 0) is 23.8 Å². The van der Waals surface area contributed by atoms with E-state index in [0.29, 0.717) is 0 Å². The van der Waals surface area contributed by atoms with E-state index < -0.39 is 48.5 Å². The molecule has 1 amide bonds. The van der Waals surface area contributed by atoms with E-state index in [4.69, 9.17) is 14.2 Å². The lowest BCUT2D eigenvalue weighted by Gasteiger charge is -2.26. The molecule has 0 aliphatic carbocycles. The van der Waals surface area contributed by atoms with E-state index in [1.807, 2.05) is 0 Å². The third-order valence-electron chi connectivity index (χ3n) is 3.04. The van der Waals surface area contributed by atoms with Gasteiger partial charge >= 0.3 is 18.0 Å². The summed E-state index contributed by atoms with van der Waals surface area (Å²) in [6.07, 6.45) is -1.27. The largest absolute Gasteiger partial charge is 0.460 e.